The summed E-state index contributed by atoms with van der Waals surface area (Å²) in [6, 6.07) is 8.70. The molecule has 1 fully saturated rings. The molecular weight excluding hydrogens is 354 g/mol. The van der Waals surface area contributed by atoms with Crippen molar-refractivity contribution < 1.29 is 19.8 Å². The van der Waals surface area contributed by atoms with Crippen molar-refractivity contribution in [3.05, 3.63) is 35.4 Å². The molecule has 1 unspecified atom stereocenters. The van der Waals surface area contributed by atoms with E-state index in [0.29, 0.717) is 6.42 Å². The van der Waals surface area contributed by atoms with Crippen LogP contribution in [0.2, 0.25) is 0 Å². The molecule has 0 spiro atoms. The molecule has 1 aromatic carbocycles. The maximum atomic E-state index is 11.4. The van der Waals surface area contributed by atoms with Crippen LogP contribution in [-0.4, -0.2) is 34.7 Å². The molecule has 0 aliphatic heterocycles. The normalized spacial score (nSPS) is 18.2. The number of rotatable bonds is 13. The quantitative estimate of drug-likeness (QED) is 0.343. The predicted octanol–water partition coefficient (Wildman–Crippen LogP) is 4.43. The summed E-state index contributed by atoms with van der Waals surface area (Å²) >= 11 is 0. The summed E-state index contributed by atoms with van der Waals surface area (Å²) < 4.78 is 0. The molecule has 0 saturated heterocycles. The number of aryl methyl sites for hydroxylation is 1. The second-order valence-corrected chi connectivity index (χ2v) is 8.17. The van der Waals surface area contributed by atoms with Crippen LogP contribution >= 0.6 is 0 Å². The van der Waals surface area contributed by atoms with E-state index >= 15 is 0 Å². The Morgan fingerprint density at radius 3 is 2.11 bits per heavy atom. The first-order valence-corrected chi connectivity index (χ1v) is 10.8. The summed E-state index contributed by atoms with van der Waals surface area (Å²) in [6.07, 6.45) is 10.8. The molecule has 1 aromatic rings. The van der Waals surface area contributed by atoms with Crippen LogP contribution < -0.4 is 5.32 Å². The molecule has 0 amide bonds. The van der Waals surface area contributed by atoms with E-state index in [9.17, 15) is 19.8 Å². The predicted molar refractivity (Wildman–Crippen MR) is 111 cm³/mol. The maximum absolute atomic E-state index is 11.4. The van der Waals surface area contributed by atoms with Crippen LogP contribution in [0.4, 0.5) is 0 Å². The Bertz CT molecular complexity index is 612. The van der Waals surface area contributed by atoms with Gasteiger partial charge in [0.15, 0.2) is 5.41 Å². The monoisotopic (exact) mass is 389 g/mol. The zero-order valence-corrected chi connectivity index (χ0v) is 17.1. The lowest BCUT2D eigenvalue weighted by atomic mass is 9.86. The maximum Gasteiger partial charge on any atom is 0.321 e. The minimum atomic E-state index is -1.62. The van der Waals surface area contributed by atoms with Crippen LogP contribution in [0.1, 0.15) is 75.8 Å². The summed E-state index contributed by atoms with van der Waals surface area (Å²) in [4.78, 5) is 22.7. The molecule has 2 rings (SSSR count). The van der Waals surface area contributed by atoms with Gasteiger partial charge < -0.3 is 15.5 Å². The molecule has 28 heavy (non-hydrogen) atoms. The lowest BCUT2D eigenvalue weighted by Gasteiger charge is -2.19. The molecule has 156 valence electrons. The first kappa shape index (κ1) is 22.4. The van der Waals surface area contributed by atoms with E-state index in [4.69, 9.17) is 0 Å². The Morgan fingerprint density at radius 1 is 0.964 bits per heavy atom. The fourth-order valence-electron chi connectivity index (χ4n) is 4.10. The third kappa shape index (κ3) is 6.33. The van der Waals surface area contributed by atoms with Gasteiger partial charge >= 0.3 is 11.9 Å². The number of benzene rings is 1. The smallest absolute Gasteiger partial charge is 0.321 e. The zero-order valence-electron chi connectivity index (χ0n) is 17.1. The molecule has 0 radical (unpaired) electrons. The molecule has 1 aliphatic rings. The number of hydrogen-bond donors (Lipinski definition) is 3. The molecule has 0 aromatic heterocycles. The van der Waals surface area contributed by atoms with Crippen molar-refractivity contribution in [2.75, 3.05) is 6.54 Å². The van der Waals surface area contributed by atoms with Gasteiger partial charge in [-0.2, -0.15) is 0 Å². The van der Waals surface area contributed by atoms with Crippen molar-refractivity contribution >= 4 is 11.9 Å². The molecule has 3 N–H and O–H groups in total. The lowest BCUT2D eigenvalue weighted by Crippen LogP contribution is -2.39. The van der Waals surface area contributed by atoms with E-state index in [1.807, 2.05) is 0 Å². The molecule has 5 heteroatoms. The second kappa shape index (κ2) is 11.2. The van der Waals surface area contributed by atoms with Crippen LogP contribution in [0.3, 0.4) is 0 Å². The van der Waals surface area contributed by atoms with E-state index < -0.39 is 17.4 Å². The lowest BCUT2D eigenvalue weighted by molar-refractivity contribution is -0.164. The average molecular weight is 390 g/mol. The van der Waals surface area contributed by atoms with Gasteiger partial charge in [-0.3, -0.25) is 9.59 Å². The van der Waals surface area contributed by atoms with Gasteiger partial charge in [-0.05, 0) is 56.2 Å². The number of carboxylic acids is 2. The number of carboxylic acid groups (broad SMARTS) is 2. The van der Waals surface area contributed by atoms with Crippen LogP contribution in [0.15, 0.2) is 24.3 Å². The SMILES string of the molecule is CCCCCCCCc1ccc(CCNC2CCC(C(=O)O)(C(=O)O)C2)cc1. The van der Waals surface area contributed by atoms with Crippen LogP contribution in [0.5, 0.6) is 0 Å². The Morgan fingerprint density at radius 2 is 1.54 bits per heavy atom. The van der Waals surface area contributed by atoms with Crippen molar-refractivity contribution in [2.24, 2.45) is 5.41 Å². The topological polar surface area (TPSA) is 86.6 Å². The molecule has 1 aliphatic carbocycles. The highest BCUT2D eigenvalue weighted by Gasteiger charge is 2.51. The van der Waals surface area contributed by atoms with Crippen LogP contribution in [0, 0.1) is 5.41 Å². The van der Waals surface area contributed by atoms with E-state index in [1.165, 1.54) is 49.7 Å². The summed E-state index contributed by atoms with van der Waals surface area (Å²) in [5, 5.41) is 21.9. The van der Waals surface area contributed by atoms with Gasteiger partial charge in [-0.1, -0.05) is 63.3 Å². The largest absolute Gasteiger partial charge is 0.480 e. The third-order valence-electron chi connectivity index (χ3n) is 6.02. The van der Waals surface area contributed by atoms with Gasteiger partial charge in [0, 0.05) is 6.04 Å². The Kier molecular flexibility index (Phi) is 8.97. The number of hydrogen-bond acceptors (Lipinski definition) is 3. The van der Waals surface area contributed by atoms with E-state index in [0.717, 1.165) is 19.4 Å². The van der Waals surface area contributed by atoms with Crippen molar-refractivity contribution in [1.29, 1.82) is 0 Å². The average Bonchev–Trinajstić information content (AvgIpc) is 3.12. The van der Waals surface area contributed by atoms with Gasteiger partial charge in [0.2, 0.25) is 0 Å². The van der Waals surface area contributed by atoms with Crippen molar-refractivity contribution in [2.45, 2.75) is 83.6 Å². The molecule has 1 saturated carbocycles. The fourth-order valence-corrected chi connectivity index (χ4v) is 4.10. The Labute approximate surface area is 168 Å². The number of unbranched alkanes of at least 4 members (excludes halogenated alkanes) is 5. The highest BCUT2D eigenvalue weighted by Crippen LogP contribution is 2.38. The third-order valence-corrected chi connectivity index (χ3v) is 6.02. The molecule has 0 heterocycles. The highest BCUT2D eigenvalue weighted by atomic mass is 16.4. The molecule has 1 atom stereocenters. The standard InChI is InChI=1S/C23H35NO4/c1-2-3-4-5-6-7-8-18-9-11-19(12-10-18)14-16-24-20-13-15-23(17-20,21(25)26)22(27)28/h9-12,20,24H,2-8,13-17H2,1H3,(H,25,26)(H,27,28). The Hall–Kier alpha value is -1.88. The molecular formula is C23H35NO4. The minimum Gasteiger partial charge on any atom is -0.480 e. The number of aliphatic carboxylic acids is 2. The summed E-state index contributed by atoms with van der Waals surface area (Å²) in [6.45, 7) is 2.97. The van der Waals surface area contributed by atoms with Gasteiger partial charge in [-0.25, -0.2) is 0 Å². The number of carbonyl (C=O) groups is 2. The van der Waals surface area contributed by atoms with Gasteiger partial charge in [-0.15, -0.1) is 0 Å². The van der Waals surface area contributed by atoms with Gasteiger partial charge in [0.25, 0.3) is 0 Å². The first-order valence-electron chi connectivity index (χ1n) is 10.8. The second-order valence-electron chi connectivity index (χ2n) is 8.17. The van der Waals surface area contributed by atoms with Gasteiger partial charge in [0.1, 0.15) is 0 Å². The summed E-state index contributed by atoms with van der Waals surface area (Å²) in [5.74, 6) is -2.43. The summed E-state index contributed by atoms with van der Waals surface area (Å²) in [7, 11) is 0. The number of nitrogens with one attached hydrogen (secondary N) is 1. The first-order chi connectivity index (χ1) is 13.5. The van der Waals surface area contributed by atoms with E-state index in [2.05, 4.69) is 36.5 Å². The van der Waals surface area contributed by atoms with Crippen molar-refractivity contribution in [1.82, 2.24) is 5.32 Å². The fraction of sp³-hybridized carbons (Fsp3) is 0.652. The highest BCUT2D eigenvalue weighted by molar-refractivity contribution is 5.98. The van der Waals surface area contributed by atoms with Crippen molar-refractivity contribution in [3.8, 4) is 0 Å². The van der Waals surface area contributed by atoms with Gasteiger partial charge in [0.05, 0.1) is 0 Å². The van der Waals surface area contributed by atoms with Crippen LogP contribution in [-0.2, 0) is 22.4 Å². The zero-order chi connectivity index (χ0) is 20.4. The Balaban J connectivity index is 1.67. The van der Waals surface area contributed by atoms with E-state index in [1.54, 1.807) is 0 Å². The minimum absolute atomic E-state index is 0.0424. The van der Waals surface area contributed by atoms with E-state index in [-0.39, 0.29) is 18.9 Å². The molecule has 5 nitrogen and oxygen atoms in total. The van der Waals surface area contributed by atoms with Crippen molar-refractivity contribution in [3.63, 3.8) is 0 Å². The summed E-state index contributed by atoms with van der Waals surface area (Å²) in [5.41, 5.74) is 1.02. The van der Waals surface area contributed by atoms with Crippen LogP contribution in [0.25, 0.3) is 0 Å². The molecule has 0 bridgehead atoms.